The van der Waals surface area contributed by atoms with E-state index < -0.39 is 0 Å². The lowest BCUT2D eigenvalue weighted by Gasteiger charge is -2.24. The highest BCUT2D eigenvalue weighted by Gasteiger charge is 2.23. The van der Waals surface area contributed by atoms with E-state index in [-0.39, 0.29) is 12.1 Å². The van der Waals surface area contributed by atoms with Gasteiger partial charge >= 0.3 is 0 Å². The monoisotopic (exact) mass is 329 g/mol. The van der Waals surface area contributed by atoms with Crippen molar-refractivity contribution in [3.05, 3.63) is 50.1 Å². The second-order valence-corrected chi connectivity index (χ2v) is 6.42. The number of nitrogens with two attached hydrogens (primary N) is 1. The molecule has 0 spiro atoms. The van der Waals surface area contributed by atoms with Crippen molar-refractivity contribution in [1.29, 1.82) is 0 Å². The smallest absolute Gasteiger partial charge is 0.148 e. The summed E-state index contributed by atoms with van der Waals surface area (Å²) in [5.41, 5.74) is 7.41. The minimum absolute atomic E-state index is 0.0678. The van der Waals surface area contributed by atoms with E-state index in [9.17, 15) is 0 Å². The fraction of sp³-hybridized carbons (Fsp3) is 0.333. The van der Waals surface area contributed by atoms with Gasteiger partial charge in [0.2, 0.25) is 0 Å². The van der Waals surface area contributed by atoms with Gasteiger partial charge in [-0.3, -0.25) is 0 Å². The van der Waals surface area contributed by atoms with E-state index in [1.165, 1.54) is 5.56 Å². The van der Waals surface area contributed by atoms with Gasteiger partial charge in [0.05, 0.1) is 10.0 Å². The molecule has 2 N–H and O–H groups in total. The van der Waals surface area contributed by atoms with E-state index >= 15 is 0 Å². The fourth-order valence-corrected chi connectivity index (χ4v) is 3.24. The molecule has 2 aromatic rings. The van der Waals surface area contributed by atoms with Crippen LogP contribution in [0.4, 0.5) is 0 Å². The standard InChI is InChI=1S/C15H17Cl2NOS/c1-3-13(18)14(15-9(2)6-7-20-15)19-10-4-5-11(16)12(17)8-10/h4-8,13-14H,3,18H2,1-2H3. The Bertz CT molecular complexity index is 585. The number of aryl methyl sites for hydroxylation is 1. The zero-order valence-corrected chi connectivity index (χ0v) is 13.7. The molecule has 0 aliphatic carbocycles. The molecule has 0 aliphatic rings. The molecule has 0 bridgehead atoms. The zero-order valence-electron chi connectivity index (χ0n) is 11.4. The molecule has 2 unspecified atom stereocenters. The van der Waals surface area contributed by atoms with Crippen LogP contribution >= 0.6 is 34.5 Å². The van der Waals surface area contributed by atoms with Crippen LogP contribution in [0.3, 0.4) is 0 Å². The summed E-state index contributed by atoms with van der Waals surface area (Å²) >= 11 is 13.6. The summed E-state index contributed by atoms with van der Waals surface area (Å²) in [5, 5.41) is 3.05. The molecule has 5 heteroatoms. The average Bonchev–Trinajstić information content (AvgIpc) is 2.85. The van der Waals surface area contributed by atoms with Crippen molar-refractivity contribution in [1.82, 2.24) is 0 Å². The Kier molecular flexibility index (Phi) is 5.33. The van der Waals surface area contributed by atoms with Crippen LogP contribution in [0.2, 0.25) is 10.0 Å². The van der Waals surface area contributed by atoms with Crippen LogP contribution in [0.1, 0.15) is 29.9 Å². The van der Waals surface area contributed by atoms with Crippen molar-refractivity contribution in [3.63, 3.8) is 0 Å². The Morgan fingerprint density at radius 3 is 2.55 bits per heavy atom. The number of halogens is 2. The lowest BCUT2D eigenvalue weighted by atomic mass is 10.1. The highest BCUT2D eigenvalue weighted by molar-refractivity contribution is 7.10. The summed E-state index contributed by atoms with van der Waals surface area (Å²) in [6.45, 7) is 4.12. The third kappa shape index (κ3) is 3.47. The third-order valence-corrected chi connectivity index (χ3v) is 4.99. The Hall–Kier alpha value is -0.740. The third-order valence-electron chi connectivity index (χ3n) is 3.17. The molecule has 20 heavy (non-hydrogen) atoms. The van der Waals surface area contributed by atoms with Crippen molar-refractivity contribution in [3.8, 4) is 5.75 Å². The zero-order chi connectivity index (χ0) is 14.7. The van der Waals surface area contributed by atoms with Crippen LogP contribution < -0.4 is 10.5 Å². The van der Waals surface area contributed by atoms with Crippen molar-refractivity contribution in [2.24, 2.45) is 5.73 Å². The second kappa shape index (κ2) is 6.81. The molecule has 2 atom stereocenters. The Balaban J connectivity index is 2.28. The molecule has 0 saturated carbocycles. The van der Waals surface area contributed by atoms with Crippen molar-refractivity contribution in [2.75, 3.05) is 0 Å². The summed E-state index contributed by atoms with van der Waals surface area (Å²) in [4.78, 5) is 1.16. The van der Waals surface area contributed by atoms with E-state index in [1.807, 2.05) is 6.07 Å². The van der Waals surface area contributed by atoms with Crippen molar-refractivity contribution in [2.45, 2.75) is 32.4 Å². The average molecular weight is 330 g/mol. The van der Waals surface area contributed by atoms with Crippen LogP contribution in [0.5, 0.6) is 5.75 Å². The highest BCUT2D eigenvalue weighted by Crippen LogP contribution is 2.33. The first-order valence-electron chi connectivity index (χ1n) is 6.44. The van der Waals surface area contributed by atoms with Gasteiger partial charge < -0.3 is 10.5 Å². The fourth-order valence-electron chi connectivity index (χ4n) is 1.92. The summed E-state index contributed by atoms with van der Waals surface area (Å²) in [6, 6.07) is 7.28. The van der Waals surface area contributed by atoms with E-state index in [1.54, 1.807) is 23.5 Å². The molecule has 1 aromatic carbocycles. The van der Waals surface area contributed by atoms with E-state index in [0.717, 1.165) is 11.3 Å². The van der Waals surface area contributed by atoms with Gasteiger partial charge in [-0.15, -0.1) is 11.3 Å². The normalized spacial score (nSPS) is 14.1. The maximum atomic E-state index is 6.22. The minimum Gasteiger partial charge on any atom is -0.483 e. The molecule has 1 heterocycles. The van der Waals surface area contributed by atoms with E-state index in [2.05, 4.69) is 25.3 Å². The second-order valence-electron chi connectivity index (χ2n) is 4.65. The quantitative estimate of drug-likeness (QED) is 0.815. The molecule has 0 fully saturated rings. The lowest BCUT2D eigenvalue weighted by molar-refractivity contribution is 0.174. The van der Waals surface area contributed by atoms with Gasteiger partial charge in [-0.05, 0) is 42.5 Å². The largest absolute Gasteiger partial charge is 0.483 e. The number of hydrogen-bond acceptors (Lipinski definition) is 3. The predicted octanol–water partition coefficient (Wildman–Crippen LogP) is 5.22. The van der Waals surface area contributed by atoms with E-state index in [4.69, 9.17) is 33.7 Å². The van der Waals surface area contributed by atoms with Crippen molar-refractivity contribution >= 4 is 34.5 Å². The van der Waals surface area contributed by atoms with Gasteiger partial charge in [0.15, 0.2) is 0 Å². The molecule has 0 saturated heterocycles. The molecule has 0 radical (unpaired) electrons. The lowest BCUT2D eigenvalue weighted by Crippen LogP contribution is -2.31. The summed E-state index contributed by atoms with van der Waals surface area (Å²) < 4.78 is 6.07. The summed E-state index contributed by atoms with van der Waals surface area (Å²) in [6.07, 6.45) is 0.667. The van der Waals surface area contributed by atoms with Crippen LogP contribution in [0, 0.1) is 6.92 Å². The van der Waals surface area contributed by atoms with Crippen molar-refractivity contribution < 1.29 is 4.74 Å². The molecule has 108 valence electrons. The molecular weight excluding hydrogens is 313 g/mol. The van der Waals surface area contributed by atoms with Crippen LogP contribution in [0.15, 0.2) is 29.6 Å². The maximum Gasteiger partial charge on any atom is 0.148 e. The number of ether oxygens (including phenoxy) is 1. The molecule has 2 nitrogen and oxygen atoms in total. The molecule has 0 amide bonds. The van der Waals surface area contributed by atoms with Crippen LogP contribution in [0.25, 0.3) is 0 Å². The van der Waals surface area contributed by atoms with Gasteiger partial charge in [0, 0.05) is 17.0 Å². The summed E-state index contributed by atoms with van der Waals surface area (Å²) in [7, 11) is 0. The SMILES string of the molecule is CCC(N)C(Oc1ccc(Cl)c(Cl)c1)c1sccc1C. The van der Waals surface area contributed by atoms with Gasteiger partial charge in [-0.1, -0.05) is 30.1 Å². The number of hydrogen-bond donors (Lipinski definition) is 1. The maximum absolute atomic E-state index is 6.22. The Morgan fingerprint density at radius 1 is 1.25 bits per heavy atom. The van der Waals surface area contributed by atoms with E-state index in [0.29, 0.717) is 15.8 Å². The Morgan fingerprint density at radius 2 is 2.00 bits per heavy atom. The molecular formula is C15H17Cl2NOS. The minimum atomic E-state index is -0.169. The summed E-state index contributed by atoms with van der Waals surface area (Å²) in [5.74, 6) is 0.682. The Labute approximate surface area is 133 Å². The number of thiophene rings is 1. The first kappa shape index (κ1) is 15.6. The predicted molar refractivity (Wildman–Crippen MR) is 87.2 cm³/mol. The highest BCUT2D eigenvalue weighted by atomic mass is 35.5. The van der Waals surface area contributed by atoms with Gasteiger partial charge in [0.1, 0.15) is 11.9 Å². The molecule has 1 aromatic heterocycles. The van der Waals surface area contributed by atoms with Gasteiger partial charge in [-0.25, -0.2) is 0 Å². The number of rotatable bonds is 5. The van der Waals surface area contributed by atoms with Gasteiger partial charge in [0.25, 0.3) is 0 Å². The molecule has 0 aliphatic heterocycles. The number of benzene rings is 1. The topological polar surface area (TPSA) is 35.2 Å². The molecule has 2 rings (SSSR count). The van der Waals surface area contributed by atoms with Crippen LogP contribution in [-0.2, 0) is 0 Å². The van der Waals surface area contributed by atoms with Gasteiger partial charge in [-0.2, -0.15) is 0 Å². The first-order valence-corrected chi connectivity index (χ1v) is 8.07. The van der Waals surface area contributed by atoms with Crippen LogP contribution in [-0.4, -0.2) is 6.04 Å². The first-order chi connectivity index (χ1) is 9.52.